The Kier molecular flexibility index (Phi) is 6.22. The maximum Gasteiger partial charge on any atom is 0.416 e. The highest BCUT2D eigenvalue weighted by molar-refractivity contribution is 5.68. The van der Waals surface area contributed by atoms with Gasteiger partial charge in [0.05, 0.1) is 12.0 Å². The molecular weight excluding hydrogens is 381 g/mol. The second-order valence-corrected chi connectivity index (χ2v) is 6.68. The third-order valence-electron chi connectivity index (χ3n) is 4.51. The summed E-state index contributed by atoms with van der Waals surface area (Å²) in [6.07, 6.45) is -3.81. The molecule has 0 heterocycles. The predicted octanol–water partition coefficient (Wildman–Crippen LogP) is 6.30. The van der Waals surface area contributed by atoms with Crippen molar-refractivity contribution in [3.63, 3.8) is 0 Å². The smallest absolute Gasteiger partial charge is 0.416 e. The van der Waals surface area contributed by atoms with E-state index in [0.717, 1.165) is 23.3 Å². The van der Waals surface area contributed by atoms with Gasteiger partial charge in [-0.3, -0.25) is 4.79 Å². The van der Waals surface area contributed by atoms with E-state index < -0.39 is 17.7 Å². The van der Waals surface area contributed by atoms with Gasteiger partial charge in [0.15, 0.2) is 0 Å². The van der Waals surface area contributed by atoms with E-state index in [4.69, 9.17) is 4.74 Å². The van der Waals surface area contributed by atoms with Gasteiger partial charge < -0.3 is 9.84 Å². The monoisotopic (exact) mass is 400 g/mol. The highest BCUT2D eigenvalue weighted by atomic mass is 19.4. The van der Waals surface area contributed by atoms with Crippen LogP contribution in [0.5, 0.6) is 11.5 Å². The molecule has 3 nitrogen and oxygen atoms in total. The van der Waals surface area contributed by atoms with Crippen molar-refractivity contribution in [2.75, 3.05) is 0 Å². The van der Waals surface area contributed by atoms with E-state index in [0.29, 0.717) is 12.2 Å². The molecule has 1 unspecified atom stereocenters. The van der Waals surface area contributed by atoms with Gasteiger partial charge in [0.1, 0.15) is 11.5 Å². The van der Waals surface area contributed by atoms with Gasteiger partial charge in [-0.05, 0) is 59.9 Å². The minimum Gasteiger partial charge on any atom is -0.481 e. The van der Waals surface area contributed by atoms with E-state index >= 15 is 0 Å². The summed E-state index contributed by atoms with van der Waals surface area (Å²) >= 11 is 0. The average Bonchev–Trinajstić information content (AvgIpc) is 2.68. The topological polar surface area (TPSA) is 46.5 Å². The molecule has 150 valence electrons. The molecule has 0 saturated carbocycles. The van der Waals surface area contributed by atoms with Gasteiger partial charge in [-0.2, -0.15) is 13.2 Å². The van der Waals surface area contributed by atoms with Gasteiger partial charge in [-0.25, -0.2) is 0 Å². The molecule has 0 aliphatic heterocycles. The second kappa shape index (κ2) is 8.82. The van der Waals surface area contributed by atoms with Gasteiger partial charge >= 0.3 is 12.1 Å². The lowest BCUT2D eigenvalue weighted by Gasteiger charge is -2.16. The molecule has 0 bridgehead atoms. The number of rotatable bonds is 7. The Balaban J connectivity index is 1.72. The molecule has 1 atom stereocenters. The molecule has 3 aromatic rings. The Morgan fingerprint density at radius 3 is 1.93 bits per heavy atom. The molecule has 0 fully saturated rings. The van der Waals surface area contributed by atoms with Gasteiger partial charge in [-0.1, -0.05) is 42.5 Å². The van der Waals surface area contributed by atoms with Gasteiger partial charge in [0.25, 0.3) is 0 Å². The van der Waals surface area contributed by atoms with Crippen LogP contribution in [0.3, 0.4) is 0 Å². The number of carboxylic acid groups (broad SMARTS) is 1. The fraction of sp³-hybridized carbons (Fsp3) is 0.174. The van der Waals surface area contributed by atoms with E-state index in [2.05, 4.69) is 0 Å². The van der Waals surface area contributed by atoms with Crippen LogP contribution in [0.25, 0.3) is 0 Å². The van der Waals surface area contributed by atoms with Crippen molar-refractivity contribution in [3.8, 4) is 11.5 Å². The van der Waals surface area contributed by atoms with Gasteiger partial charge in [0.2, 0.25) is 0 Å². The Labute approximate surface area is 166 Å². The maximum atomic E-state index is 12.6. The highest BCUT2D eigenvalue weighted by Gasteiger charge is 2.30. The summed E-state index contributed by atoms with van der Waals surface area (Å²) in [6.45, 7) is 0. The van der Waals surface area contributed by atoms with E-state index in [9.17, 15) is 23.1 Å². The van der Waals surface area contributed by atoms with Crippen LogP contribution in [0, 0.1) is 0 Å². The van der Waals surface area contributed by atoms with Crippen LogP contribution in [0.15, 0.2) is 78.9 Å². The quantitative estimate of drug-likeness (QED) is 0.506. The third kappa shape index (κ3) is 5.85. The van der Waals surface area contributed by atoms with Crippen molar-refractivity contribution in [2.24, 2.45) is 0 Å². The first kappa shape index (κ1) is 20.5. The first-order chi connectivity index (χ1) is 13.8. The van der Waals surface area contributed by atoms with Crippen molar-refractivity contribution >= 4 is 5.97 Å². The molecule has 0 spiro atoms. The molecule has 0 aliphatic carbocycles. The van der Waals surface area contributed by atoms with Crippen LogP contribution in [0.2, 0.25) is 0 Å². The number of alkyl halides is 3. The fourth-order valence-electron chi connectivity index (χ4n) is 3.07. The highest BCUT2D eigenvalue weighted by Crippen LogP contribution is 2.32. The molecule has 1 N–H and O–H groups in total. The molecule has 29 heavy (non-hydrogen) atoms. The van der Waals surface area contributed by atoms with Crippen molar-refractivity contribution in [1.82, 2.24) is 0 Å². The lowest BCUT2D eigenvalue weighted by atomic mass is 9.89. The average molecular weight is 400 g/mol. The lowest BCUT2D eigenvalue weighted by Crippen LogP contribution is -2.09. The number of carboxylic acids is 1. The van der Waals surface area contributed by atoms with Crippen molar-refractivity contribution in [3.05, 3.63) is 95.6 Å². The van der Waals surface area contributed by atoms with E-state index in [1.165, 1.54) is 12.1 Å². The summed E-state index contributed by atoms with van der Waals surface area (Å²) in [5.41, 5.74) is 1.16. The number of hydrogen-bond acceptors (Lipinski definition) is 2. The van der Waals surface area contributed by atoms with E-state index in [1.54, 1.807) is 24.3 Å². The molecule has 0 saturated heterocycles. The zero-order valence-electron chi connectivity index (χ0n) is 15.4. The number of aliphatic carboxylic acids is 1. The standard InChI is InChI=1S/C23H19F3O3/c24-23(25,26)19-8-12-21(13-9-19)29-20-10-6-17(7-11-20)18(15-22(27)28)14-16-4-2-1-3-5-16/h1-13,18H,14-15H2,(H,27,28). The zero-order valence-corrected chi connectivity index (χ0v) is 15.4. The molecule has 3 rings (SSSR count). The Hall–Kier alpha value is -3.28. The van der Waals surface area contributed by atoms with E-state index in [1.807, 2.05) is 30.3 Å². The SMILES string of the molecule is O=C(O)CC(Cc1ccccc1)c1ccc(Oc2ccc(C(F)(F)F)cc2)cc1. The van der Waals surface area contributed by atoms with Gasteiger partial charge in [-0.15, -0.1) is 0 Å². The summed E-state index contributed by atoms with van der Waals surface area (Å²) < 4.78 is 43.5. The minimum absolute atomic E-state index is 0.00595. The first-order valence-electron chi connectivity index (χ1n) is 9.02. The molecule has 0 aliphatic rings. The minimum atomic E-state index is -4.39. The van der Waals surface area contributed by atoms with Crippen LogP contribution in [0.1, 0.15) is 29.0 Å². The maximum absolute atomic E-state index is 12.6. The number of halogens is 3. The van der Waals surface area contributed by atoms with Crippen LogP contribution < -0.4 is 4.74 Å². The largest absolute Gasteiger partial charge is 0.481 e. The number of hydrogen-bond donors (Lipinski definition) is 1. The molecule has 3 aromatic carbocycles. The van der Waals surface area contributed by atoms with Crippen LogP contribution >= 0.6 is 0 Å². The molecule has 0 radical (unpaired) electrons. The summed E-state index contributed by atoms with van der Waals surface area (Å²) in [5.74, 6) is -0.328. The van der Waals surface area contributed by atoms with Crippen LogP contribution in [-0.4, -0.2) is 11.1 Å². The fourth-order valence-corrected chi connectivity index (χ4v) is 3.07. The number of ether oxygens (including phenoxy) is 1. The zero-order chi connectivity index (χ0) is 20.9. The van der Waals surface area contributed by atoms with Crippen LogP contribution in [0.4, 0.5) is 13.2 Å². The summed E-state index contributed by atoms with van der Waals surface area (Å²) in [7, 11) is 0. The summed E-state index contributed by atoms with van der Waals surface area (Å²) in [6, 6.07) is 21.0. The van der Waals surface area contributed by atoms with Crippen molar-refractivity contribution in [1.29, 1.82) is 0 Å². The Morgan fingerprint density at radius 1 is 0.862 bits per heavy atom. The van der Waals surface area contributed by atoms with Gasteiger partial charge in [0, 0.05) is 0 Å². The normalized spacial score (nSPS) is 12.4. The van der Waals surface area contributed by atoms with E-state index in [-0.39, 0.29) is 18.1 Å². The van der Waals surface area contributed by atoms with Crippen LogP contribution in [-0.2, 0) is 17.4 Å². The summed E-state index contributed by atoms with van der Waals surface area (Å²) in [4.78, 5) is 11.3. The van der Waals surface area contributed by atoms with Crippen molar-refractivity contribution in [2.45, 2.75) is 24.9 Å². The van der Waals surface area contributed by atoms with Crippen molar-refractivity contribution < 1.29 is 27.8 Å². The summed E-state index contributed by atoms with van der Waals surface area (Å²) in [5, 5.41) is 9.25. The first-order valence-corrected chi connectivity index (χ1v) is 9.02. The molecular formula is C23H19F3O3. The molecule has 6 heteroatoms. The second-order valence-electron chi connectivity index (χ2n) is 6.68. The Morgan fingerprint density at radius 2 is 1.41 bits per heavy atom. The number of benzene rings is 3. The lowest BCUT2D eigenvalue weighted by molar-refractivity contribution is -0.138. The molecule has 0 aromatic heterocycles. The predicted molar refractivity (Wildman–Crippen MR) is 103 cm³/mol. The molecule has 0 amide bonds. The third-order valence-corrected chi connectivity index (χ3v) is 4.51. The number of carbonyl (C=O) groups is 1. The Bertz CT molecular complexity index is 934.